The molecule has 0 atom stereocenters. The molecule has 2 rings (SSSR count). The Kier molecular flexibility index (Phi) is 5.38. The second-order valence-corrected chi connectivity index (χ2v) is 6.72. The normalized spacial score (nSPS) is 12.4. The molecule has 0 aromatic heterocycles. The standard InChI is InChI=1S/C20H26NO/c1-19(2,3)21-16-10-15-20(22,17-11-6-4-7-12-17)18-13-8-5-9-14-18/h4-14,21-22H,15-16H2,1-3H3. The summed E-state index contributed by atoms with van der Waals surface area (Å²) in [5.74, 6) is 0. The maximum atomic E-state index is 11.3. The molecule has 0 aliphatic rings. The second-order valence-electron chi connectivity index (χ2n) is 6.72. The van der Waals surface area contributed by atoms with E-state index in [-0.39, 0.29) is 5.54 Å². The average molecular weight is 296 g/mol. The smallest absolute Gasteiger partial charge is 0.115 e. The first-order chi connectivity index (χ1) is 10.4. The van der Waals surface area contributed by atoms with Crippen LogP contribution in [0.4, 0.5) is 0 Å². The third-order valence-corrected chi connectivity index (χ3v) is 3.72. The van der Waals surface area contributed by atoms with Crippen LogP contribution in [0.15, 0.2) is 60.7 Å². The first kappa shape index (κ1) is 16.7. The van der Waals surface area contributed by atoms with Crippen LogP contribution in [-0.4, -0.2) is 17.2 Å². The maximum absolute atomic E-state index is 11.3. The van der Waals surface area contributed by atoms with Crippen molar-refractivity contribution in [1.29, 1.82) is 0 Å². The lowest BCUT2D eigenvalue weighted by Gasteiger charge is -2.30. The molecule has 0 aliphatic carbocycles. The topological polar surface area (TPSA) is 32.3 Å². The van der Waals surface area contributed by atoms with Gasteiger partial charge in [-0.05, 0) is 51.3 Å². The third-order valence-electron chi connectivity index (χ3n) is 3.72. The first-order valence-corrected chi connectivity index (χ1v) is 7.82. The van der Waals surface area contributed by atoms with Crippen molar-refractivity contribution in [3.8, 4) is 0 Å². The van der Waals surface area contributed by atoms with Crippen molar-refractivity contribution >= 4 is 0 Å². The van der Waals surface area contributed by atoms with Crippen molar-refractivity contribution in [3.05, 3.63) is 78.2 Å². The lowest BCUT2D eigenvalue weighted by Crippen LogP contribution is -2.37. The van der Waals surface area contributed by atoms with Crippen molar-refractivity contribution < 1.29 is 5.11 Å². The summed E-state index contributed by atoms with van der Waals surface area (Å²) in [6.45, 7) is 7.19. The van der Waals surface area contributed by atoms with Crippen LogP contribution in [0.25, 0.3) is 0 Å². The van der Waals surface area contributed by atoms with Crippen molar-refractivity contribution in [1.82, 2.24) is 5.32 Å². The van der Waals surface area contributed by atoms with Gasteiger partial charge in [-0.15, -0.1) is 0 Å². The lowest BCUT2D eigenvalue weighted by atomic mass is 9.82. The van der Waals surface area contributed by atoms with Crippen molar-refractivity contribution in [2.45, 2.75) is 38.3 Å². The summed E-state index contributed by atoms with van der Waals surface area (Å²) >= 11 is 0. The predicted molar refractivity (Wildman–Crippen MR) is 92.6 cm³/mol. The van der Waals surface area contributed by atoms with Crippen molar-refractivity contribution in [2.75, 3.05) is 6.54 Å². The van der Waals surface area contributed by atoms with Gasteiger partial charge in [-0.25, -0.2) is 0 Å². The monoisotopic (exact) mass is 296 g/mol. The van der Waals surface area contributed by atoms with Gasteiger partial charge in [0.2, 0.25) is 0 Å². The molecule has 1 radical (unpaired) electrons. The molecule has 2 aromatic carbocycles. The molecule has 0 aliphatic heterocycles. The van der Waals surface area contributed by atoms with Gasteiger partial charge in [-0.2, -0.15) is 0 Å². The van der Waals surface area contributed by atoms with E-state index in [1.807, 2.05) is 60.7 Å². The Morgan fingerprint density at radius 1 is 0.864 bits per heavy atom. The highest BCUT2D eigenvalue weighted by atomic mass is 16.3. The fourth-order valence-corrected chi connectivity index (χ4v) is 2.49. The molecule has 0 fully saturated rings. The summed E-state index contributed by atoms with van der Waals surface area (Å²) in [6, 6.07) is 19.8. The van der Waals surface area contributed by atoms with Crippen LogP contribution in [0.3, 0.4) is 0 Å². The van der Waals surface area contributed by atoms with Gasteiger partial charge in [0.25, 0.3) is 0 Å². The molecule has 2 nitrogen and oxygen atoms in total. The number of benzene rings is 2. The van der Waals surface area contributed by atoms with Gasteiger partial charge in [-0.3, -0.25) is 0 Å². The van der Waals surface area contributed by atoms with E-state index in [4.69, 9.17) is 0 Å². The van der Waals surface area contributed by atoms with E-state index < -0.39 is 5.60 Å². The second kappa shape index (κ2) is 7.08. The van der Waals surface area contributed by atoms with Gasteiger partial charge in [0, 0.05) is 5.54 Å². The Bertz CT molecular complexity index is 518. The number of hydrogen-bond acceptors (Lipinski definition) is 2. The predicted octanol–water partition coefficient (Wildman–Crippen LogP) is 3.90. The molecule has 0 amide bonds. The van der Waals surface area contributed by atoms with Gasteiger partial charge < -0.3 is 10.4 Å². The van der Waals surface area contributed by atoms with Crippen LogP contribution in [-0.2, 0) is 5.60 Å². The molecule has 22 heavy (non-hydrogen) atoms. The Morgan fingerprint density at radius 3 is 1.73 bits per heavy atom. The van der Waals surface area contributed by atoms with Gasteiger partial charge in [0.15, 0.2) is 0 Å². The zero-order chi connectivity index (χ0) is 16.1. The number of hydrogen-bond donors (Lipinski definition) is 2. The molecule has 2 heteroatoms. The van der Waals surface area contributed by atoms with E-state index >= 15 is 0 Å². The quantitative estimate of drug-likeness (QED) is 0.792. The summed E-state index contributed by atoms with van der Waals surface area (Å²) < 4.78 is 0. The Balaban J connectivity index is 2.17. The summed E-state index contributed by atoms with van der Waals surface area (Å²) in [7, 11) is 0. The van der Waals surface area contributed by atoms with Crippen LogP contribution in [0, 0.1) is 6.42 Å². The minimum absolute atomic E-state index is 0.0775. The molecule has 2 aromatic rings. The van der Waals surface area contributed by atoms with E-state index in [0.29, 0.717) is 6.42 Å². The maximum Gasteiger partial charge on any atom is 0.115 e. The zero-order valence-corrected chi connectivity index (χ0v) is 13.7. The molecular formula is C20H26NO. The molecule has 0 saturated heterocycles. The third kappa shape index (κ3) is 4.43. The average Bonchev–Trinajstić information content (AvgIpc) is 2.52. The SMILES string of the molecule is CC(C)(C)NC[CH]CC(O)(c1ccccc1)c1ccccc1. The van der Waals surface area contributed by atoms with E-state index in [1.165, 1.54) is 0 Å². The van der Waals surface area contributed by atoms with Crippen LogP contribution in [0.5, 0.6) is 0 Å². The van der Waals surface area contributed by atoms with Crippen LogP contribution >= 0.6 is 0 Å². The Morgan fingerprint density at radius 2 is 1.32 bits per heavy atom. The number of rotatable bonds is 6. The van der Waals surface area contributed by atoms with Crippen molar-refractivity contribution in [3.63, 3.8) is 0 Å². The molecule has 0 heterocycles. The van der Waals surface area contributed by atoms with Gasteiger partial charge in [0.05, 0.1) is 0 Å². The fourth-order valence-electron chi connectivity index (χ4n) is 2.49. The van der Waals surface area contributed by atoms with E-state index in [1.54, 1.807) is 0 Å². The van der Waals surface area contributed by atoms with Gasteiger partial charge >= 0.3 is 0 Å². The van der Waals surface area contributed by atoms with E-state index in [0.717, 1.165) is 17.7 Å². The Hall–Kier alpha value is -1.64. The molecule has 0 saturated carbocycles. The highest BCUT2D eigenvalue weighted by Crippen LogP contribution is 2.33. The molecule has 0 spiro atoms. The van der Waals surface area contributed by atoms with E-state index in [9.17, 15) is 5.11 Å². The Labute approximate surface area is 134 Å². The fraction of sp³-hybridized carbons (Fsp3) is 0.350. The van der Waals surface area contributed by atoms with Crippen LogP contribution < -0.4 is 5.32 Å². The summed E-state index contributed by atoms with van der Waals surface area (Å²) in [6.07, 6.45) is 2.69. The van der Waals surface area contributed by atoms with Crippen molar-refractivity contribution in [2.24, 2.45) is 0 Å². The van der Waals surface area contributed by atoms with Crippen LogP contribution in [0.2, 0.25) is 0 Å². The molecule has 2 N–H and O–H groups in total. The highest BCUT2D eigenvalue weighted by molar-refractivity contribution is 5.36. The first-order valence-electron chi connectivity index (χ1n) is 7.82. The molecule has 0 unspecified atom stereocenters. The summed E-state index contributed by atoms with van der Waals surface area (Å²) in [4.78, 5) is 0. The zero-order valence-electron chi connectivity index (χ0n) is 13.7. The largest absolute Gasteiger partial charge is 0.380 e. The molecule has 0 bridgehead atoms. The molecule has 117 valence electrons. The lowest BCUT2D eigenvalue weighted by molar-refractivity contribution is 0.0791. The minimum Gasteiger partial charge on any atom is -0.380 e. The minimum atomic E-state index is -0.984. The summed E-state index contributed by atoms with van der Waals surface area (Å²) in [5.41, 5.74) is 0.942. The number of aliphatic hydroxyl groups is 1. The van der Waals surface area contributed by atoms with Gasteiger partial charge in [0.1, 0.15) is 5.60 Å². The van der Waals surface area contributed by atoms with Gasteiger partial charge in [-0.1, -0.05) is 60.7 Å². The summed E-state index contributed by atoms with van der Waals surface area (Å²) in [5, 5.41) is 14.8. The van der Waals surface area contributed by atoms with Crippen LogP contribution in [0.1, 0.15) is 38.3 Å². The molecular weight excluding hydrogens is 270 g/mol. The van der Waals surface area contributed by atoms with E-state index in [2.05, 4.69) is 32.5 Å². The highest BCUT2D eigenvalue weighted by Gasteiger charge is 2.30. The number of nitrogens with one attached hydrogen (secondary N) is 1.